The van der Waals surface area contributed by atoms with Crippen LogP contribution in [0.25, 0.3) is 0 Å². The number of nitrogens with zero attached hydrogens (tertiary/aromatic N) is 3. The monoisotopic (exact) mass is 263 g/mol. The fourth-order valence-electron chi connectivity index (χ4n) is 1.32. The number of hydrogen-bond donors (Lipinski definition) is 2. The molecule has 0 spiro atoms. The van der Waals surface area contributed by atoms with Crippen molar-refractivity contribution in [1.82, 2.24) is 20.3 Å². The molecule has 3 N–H and O–H groups in total. The van der Waals surface area contributed by atoms with Crippen molar-refractivity contribution < 1.29 is 4.79 Å². The Morgan fingerprint density at radius 1 is 1.44 bits per heavy atom. The first-order valence-corrected chi connectivity index (χ1v) is 5.48. The molecular weight excluding hydrogens is 254 g/mol. The zero-order valence-corrected chi connectivity index (χ0v) is 10.1. The summed E-state index contributed by atoms with van der Waals surface area (Å²) in [6.07, 6.45) is 4.36. The van der Waals surface area contributed by atoms with E-state index >= 15 is 0 Å². The number of nitrogens with two attached hydrogens (primary N) is 1. The summed E-state index contributed by atoms with van der Waals surface area (Å²) in [6.45, 7) is 0.292. The van der Waals surface area contributed by atoms with Gasteiger partial charge >= 0.3 is 0 Å². The smallest absolute Gasteiger partial charge is 0.253 e. The molecule has 0 fully saturated rings. The minimum absolute atomic E-state index is 0.242. The number of pyridine rings is 1. The molecule has 18 heavy (non-hydrogen) atoms. The number of nitrogen functional groups attached to an aromatic ring is 1. The Balaban J connectivity index is 2.06. The van der Waals surface area contributed by atoms with Crippen LogP contribution in [0.5, 0.6) is 0 Å². The number of amides is 1. The van der Waals surface area contributed by atoms with Gasteiger partial charge in [-0.1, -0.05) is 11.6 Å². The molecule has 2 heterocycles. The lowest BCUT2D eigenvalue weighted by atomic mass is 10.2. The first kappa shape index (κ1) is 12.3. The van der Waals surface area contributed by atoms with E-state index in [9.17, 15) is 4.79 Å². The van der Waals surface area contributed by atoms with Gasteiger partial charge in [0.25, 0.3) is 5.91 Å². The molecule has 0 aliphatic heterocycles. The second-order valence-corrected chi connectivity index (χ2v) is 3.88. The molecule has 1 amide bonds. The molecule has 0 bridgehead atoms. The van der Waals surface area contributed by atoms with Crippen molar-refractivity contribution in [3.63, 3.8) is 0 Å². The SMILES string of the molecule is Nc1cc(C(=O)NCc2ccncn2)c(Cl)cn1. The molecule has 0 aliphatic rings. The van der Waals surface area contributed by atoms with Crippen molar-refractivity contribution in [2.24, 2.45) is 0 Å². The van der Waals surface area contributed by atoms with Gasteiger partial charge in [0.15, 0.2) is 0 Å². The van der Waals surface area contributed by atoms with Crippen molar-refractivity contribution >= 4 is 23.3 Å². The van der Waals surface area contributed by atoms with Gasteiger partial charge in [-0.15, -0.1) is 0 Å². The molecule has 0 aliphatic carbocycles. The third-order valence-electron chi connectivity index (χ3n) is 2.19. The van der Waals surface area contributed by atoms with Crippen LogP contribution in [0, 0.1) is 0 Å². The number of hydrogen-bond acceptors (Lipinski definition) is 5. The Hall–Kier alpha value is -2.21. The highest BCUT2D eigenvalue weighted by Gasteiger charge is 2.11. The molecule has 6 nitrogen and oxygen atoms in total. The minimum atomic E-state index is -0.326. The summed E-state index contributed by atoms with van der Waals surface area (Å²) >= 11 is 5.87. The summed E-state index contributed by atoms with van der Waals surface area (Å²) in [5.74, 6) is -0.0840. The van der Waals surface area contributed by atoms with Crippen LogP contribution in [0.1, 0.15) is 16.1 Å². The molecule has 0 unspecified atom stereocenters. The van der Waals surface area contributed by atoms with Crippen LogP contribution >= 0.6 is 11.6 Å². The largest absolute Gasteiger partial charge is 0.384 e. The van der Waals surface area contributed by atoms with E-state index in [1.54, 1.807) is 12.3 Å². The second-order valence-electron chi connectivity index (χ2n) is 3.47. The Kier molecular flexibility index (Phi) is 3.69. The van der Waals surface area contributed by atoms with Gasteiger partial charge in [0, 0.05) is 12.4 Å². The van der Waals surface area contributed by atoms with Crippen LogP contribution in [0.2, 0.25) is 5.02 Å². The van der Waals surface area contributed by atoms with Crippen LogP contribution in [-0.4, -0.2) is 20.9 Å². The van der Waals surface area contributed by atoms with Gasteiger partial charge in [-0.3, -0.25) is 4.79 Å². The van der Waals surface area contributed by atoms with E-state index < -0.39 is 0 Å². The van der Waals surface area contributed by atoms with E-state index in [2.05, 4.69) is 20.3 Å². The van der Waals surface area contributed by atoms with Gasteiger partial charge in [-0.05, 0) is 12.1 Å². The lowest BCUT2D eigenvalue weighted by molar-refractivity contribution is 0.0950. The van der Waals surface area contributed by atoms with Crippen molar-refractivity contribution in [1.29, 1.82) is 0 Å². The molecule has 0 aromatic carbocycles. The van der Waals surface area contributed by atoms with E-state index in [0.29, 0.717) is 17.8 Å². The van der Waals surface area contributed by atoms with Crippen molar-refractivity contribution in [3.05, 3.63) is 47.1 Å². The molecule has 2 aromatic rings. The first-order valence-electron chi connectivity index (χ1n) is 5.11. The molecule has 0 atom stereocenters. The van der Waals surface area contributed by atoms with Gasteiger partial charge in [0.1, 0.15) is 12.1 Å². The number of aromatic nitrogens is 3. The van der Waals surface area contributed by atoms with Crippen LogP contribution in [0.15, 0.2) is 30.9 Å². The topological polar surface area (TPSA) is 93.8 Å². The van der Waals surface area contributed by atoms with Crippen molar-refractivity contribution in [3.8, 4) is 0 Å². The van der Waals surface area contributed by atoms with E-state index in [0.717, 1.165) is 0 Å². The fraction of sp³-hybridized carbons (Fsp3) is 0.0909. The summed E-state index contributed by atoms with van der Waals surface area (Å²) in [5.41, 5.74) is 6.50. The highest BCUT2D eigenvalue weighted by molar-refractivity contribution is 6.33. The van der Waals surface area contributed by atoms with Crippen LogP contribution in [0.3, 0.4) is 0 Å². The molecule has 7 heteroatoms. The van der Waals surface area contributed by atoms with Crippen LogP contribution in [0.4, 0.5) is 5.82 Å². The number of carbonyl (C=O) groups is 1. The number of nitrogens with one attached hydrogen (secondary N) is 1. The summed E-state index contributed by atoms with van der Waals surface area (Å²) in [4.78, 5) is 23.4. The Morgan fingerprint density at radius 2 is 2.28 bits per heavy atom. The number of carbonyl (C=O) groups excluding carboxylic acids is 1. The van der Waals surface area contributed by atoms with Gasteiger partial charge in [-0.25, -0.2) is 15.0 Å². The highest BCUT2D eigenvalue weighted by atomic mass is 35.5. The summed E-state index contributed by atoms with van der Waals surface area (Å²) in [7, 11) is 0. The number of anilines is 1. The van der Waals surface area contributed by atoms with Crippen molar-refractivity contribution in [2.75, 3.05) is 5.73 Å². The summed E-state index contributed by atoms with van der Waals surface area (Å²) < 4.78 is 0. The Bertz CT molecular complexity index is 561. The van der Waals surface area contributed by atoms with Gasteiger partial charge in [0.05, 0.1) is 22.8 Å². The van der Waals surface area contributed by atoms with E-state index in [4.69, 9.17) is 17.3 Å². The molecule has 92 valence electrons. The maximum Gasteiger partial charge on any atom is 0.253 e. The lowest BCUT2D eigenvalue weighted by Gasteiger charge is -2.06. The zero-order chi connectivity index (χ0) is 13.0. The standard InChI is InChI=1S/C11H10ClN5O/c12-9-5-15-10(13)3-8(9)11(18)16-4-7-1-2-14-6-17-7/h1-3,5-6H,4H2,(H2,13,15)(H,16,18). The maximum atomic E-state index is 11.9. The molecule has 0 saturated heterocycles. The average Bonchev–Trinajstić information content (AvgIpc) is 2.40. The third-order valence-corrected chi connectivity index (χ3v) is 2.50. The molecule has 0 saturated carbocycles. The lowest BCUT2D eigenvalue weighted by Crippen LogP contribution is -2.23. The molecule has 2 rings (SSSR count). The van der Waals surface area contributed by atoms with E-state index in [-0.39, 0.29) is 16.7 Å². The van der Waals surface area contributed by atoms with Gasteiger partial charge < -0.3 is 11.1 Å². The predicted octanol–water partition coefficient (Wildman–Crippen LogP) is 1.04. The Morgan fingerprint density at radius 3 is 3.00 bits per heavy atom. The van der Waals surface area contributed by atoms with Crippen molar-refractivity contribution in [2.45, 2.75) is 6.54 Å². The predicted molar refractivity (Wildman–Crippen MR) is 66.9 cm³/mol. The van der Waals surface area contributed by atoms with E-state index in [1.165, 1.54) is 18.6 Å². The van der Waals surface area contributed by atoms with Crippen LogP contribution < -0.4 is 11.1 Å². The number of halogens is 1. The fourth-order valence-corrected chi connectivity index (χ4v) is 1.51. The first-order chi connectivity index (χ1) is 8.66. The molecule has 2 aromatic heterocycles. The normalized spacial score (nSPS) is 10.1. The summed E-state index contributed by atoms with van der Waals surface area (Å²) in [5, 5.41) is 2.94. The quantitative estimate of drug-likeness (QED) is 0.863. The van der Waals surface area contributed by atoms with Gasteiger partial charge in [0.2, 0.25) is 0 Å². The van der Waals surface area contributed by atoms with E-state index in [1.807, 2.05) is 0 Å². The van der Waals surface area contributed by atoms with Crippen LogP contribution in [-0.2, 0) is 6.54 Å². The maximum absolute atomic E-state index is 11.9. The molecule has 0 radical (unpaired) electrons. The highest BCUT2D eigenvalue weighted by Crippen LogP contribution is 2.16. The average molecular weight is 264 g/mol. The summed E-state index contributed by atoms with van der Waals surface area (Å²) in [6, 6.07) is 3.14. The number of rotatable bonds is 3. The molecular formula is C11H10ClN5O. The van der Waals surface area contributed by atoms with Gasteiger partial charge in [-0.2, -0.15) is 0 Å². The Labute approximate surface area is 108 Å². The second kappa shape index (κ2) is 5.42. The minimum Gasteiger partial charge on any atom is -0.384 e. The zero-order valence-electron chi connectivity index (χ0n) is 9.30. The third kappa shape index (κ3) is 2.92.